The summed E-state index contributed by atoms with van der Waals surface area (Å²) in [6.45, 7) is 13.3. The maximum atomic E-state index is 12.4. The molecule has 7 heteroatoms. The number of hydrogen-bond donors (Lipinski definition) is 2. The molecule has 0 heterocycles. The van der Waals surface area contributed by atoms with E-state index in [1.807, 2.05) is 32.9 Å². The molecule has 0 fully saturated rings. The molecule has 25 heavy (non-hydrogen) atoms. The van der Waals surface area contributed by atoms with Crippen molar-refractivity contribution in [2.45, 2.75) is 57.9 Å². The van der Waals surface area contributed by atoms with Gasteiger partial charge in [-0.15, -0.1) is 24.0 Å². The lowest BCUT2D eigenvalue weighted by atomic mass is 9.87. The number of halogens is 1. The van der Waals surface area contributed by atoms with Crippen molar-refractivity contribution in [2.24, 2.45) is 4.99 Å². The van der Waals surface area contributed by atoms with E-state index in [4.69, 9.17) is 0 Å². The summed E-state index contributed by atoms with van der Waals surface area (Å²) >= 11 is 0. The van der Waals surface area contributed by atoms with E-state index < -0.39 is 9.84 Å². The number of sulfone groups is 1. The highest BCUT2D eigenvalue weighted by molar-refractivity contribution is 14.0. The molecule has 0 saturated carbocycles. The van der Waals surface area contributed by atoms with Gasteiger partial charge in [-0.3, -0.25) is 4.99 Å². The molecule has 0 aliphatic rings. The van der Waals surface area contributed by atoms with Gasteiger partial charge in [0.25, 0.3) is 0 Å². The van der Waals surface area contributed by atoms with Crippen LogP contribution in [-0.2, 0) is 15.3 Å². The average molecular weight is 481 g/mol. The zero-order valence-electron chi connectivity index (χ0n) is 16.1. The first-order chi connectivity index (χ1) is 11.1. The summed E-state index contributed by atoms with van der Waals surface area (Å²) < 4.78 is 24.9. The van der Waals surface area contributed by atoms with Crippen LogP contribution in [0.15, 0.2) is 34.2 Å². The van der Waals surface area contributed by atoms with E-state index in [0.29, 0.717) is 10.9 Å². The van der Waals surface area contributed by atoms with Crippen LogP contribution in [0.2, 0.25) is 0 Å². The molecule has 5 nitrogen and oxygen atoms in total. The van der Waals surface area contributed by atoms with Gasteiger partial charge in [-0.05, 0) is 43.9 Å². The second-order valence-electron chi connectivity index (χ2n) is 7.15. The van der Waals surface area contributed by atoms with E-state index >= 15 is 0 Å². The third-order valence-electron chi connectivity index (χ3n) is 3.48. The summed E-state index contributed by atoms with van der Waals surface area (Å²) in [5.41, 5.74) is 1.13. The summed E-state index contributed by atoms with van der Waals surface area (Å²) in [6.07, 6.45) is 0. The van der Waals surface area contributed by atoms with Crippen LogP contribution < -0.4 is 10.6 Å². The molecule has 0 aliphatic carbocycles. The Labute approximate surface area is 170 Å². The van der Waals surface area contributed by atoms with Crippen molar-refractivity contribution in [3.8, 4) is 0 Å². The average Bonchev–Trinajstić information content (AvgIpc) is 2.46. The van der Waals surface area contributed by atoms with Crippen molar-refractivity contribution >= 4 is 39.8 Å². The van der Waals surface area contributed by atoms with E-state index in [2.05, 4.69) is 36.4 Å². The summed E-state index contributed by atoms with van der Waals surface area (Å²) in [5, 5.41) is 6.28. The fourth-order valence-electron chi connectivity index (χ4n) is 2.15. The summed E-state index contributed by atoms with van der Waals surface area (Å²) in [5.74, 6) is 0.641. The van der Waals surface area contributed by atoms with Crippen LogP contribution in [0.1, 0.15) is 47.1 Å². The number of hydrogen-bond acceptors (Lipinski definition) is 3. The molecule has 1 aromatic rings. The number of nitrogens with one attached hydrogen (secondary N) is 2. The summed E-state index contributed by atoms with van der Waals surface area (Å²) in [6, 6.07) is 7.40. The highest BCUT2D eigenvalue weighted by Gasteiger charge is 2.17. The van der Waals surface area contributed by atoms with Gasteiger partial charge in [0.2, 0.25) is 0 Å². The Bertz CT molecular complexity index is 648. The van der Waals surface area contributed by atoms with E-state index in [0.717, 1.165) is 12.1 Å². The SMILES string of the molecule is CCNC(=NCCS(=O)(=O)c1ccc(C(C)(C)C)cc1)NC(C)C.I. The number of rotatable bonds is 6. The lowest BCUT2D eigenvalue weighted by molar-refractivity contribution is 0.586. The number of guanidine groups is 1. The Kier molecular flexibility index (Phi) is 10.0. The van der Waals surface area contributed by atoms with Gasteiger partial charge in [0.15, 0.2) is 15.8 Å². The van der Waals surface area contributed by atoms with Gasteiger partial charge in [-0.25, -0.2) is 8.42 Å². The fraction of sp³-hybridized carbons (Fsp3) is 0.611. The van der Waals surface area contributed by atoms with Crippen molar-refractivity contribution in [1.82, 2.24) is 10.6 Å². The molecule has 0 saturated heterocycles. The Morgan fingerprint density at radius 3 is 2.16 bits per heavy atom. The maximum absolute atomic E-state index is 12.4. The lowest BCUT2D eigenvalue weighted by Crippen LogP contribution is -2.41. The predicted molar refractivity (Wildman–Crippen MR) is 117 cm³/mol. The topological polar surface area (TPSA) is 70.6 Å². The van der Waals surface area contributed by atoms with Crippen LogP contribution in [-0.4, -0.2) is 39.3 Å². The zero-order chi connectivity index (χ0) is 18.4. The van der Waals surface area contributed by atoms with Crippen LogP contribution in [0.3, 0.4) is 0 Å². The Hall–Kier alpha value is -0.830. The standard InChI is InChI=1S/C18H31N3O2S.HI/c1-7-19-17(21-14(2)3)20-12-13-24(22,23)16-10-8-15(9-11-16)18(4,5)6;/h8-11,14H,7,12-13H2,1-6H3,(H2,19,20,21);1H. The molecular weight excluding hydrogens is 449 g/mol. The highest BCUT2D eigenvalue weighted by atomic mass is 127. The smallest absolute Gasteiger partial charge is 0.191 e. The molecule has 0 radical (unpaired) electrons. The Balaban J connectivity index is 0.00000576. The van der Waals surface area contributed by atoms with E-state index in [1.165, 1.54) is 0 Å². The second-order valence-corrected chi connectivity index (χ2v) is 9.26. The van der Waals surface area contributed by atoms with Crippen molar-refractivity contribution < 1.29 is 8.42 Å². The summed E-state index contributed by atoms with van der Waals surface area (Å²) in [4.78, 5) is 4.69. The van der Waals surface area contributed by atoms with Crippen LogP contribution in [0.25, 0.3) is 0 Å². The third-order valence-corrected chi connectivity index (χ3v) is 5.19. The highest BCUT2D eigenvalue weighted by Crippen LogP contribution is 2.23. The van der Waals surface area contributed by atoms with Crippen molar-refractivity contribution in [1.29, 1.82) is 0 Å². The predicted octanol–water partition coefficient (Wildman–Crippen LogP) is 3.34. The second kappa shape index (κ2) is 10.4. The van der Waals surface area contributed by atoms with Gasteiger partial charge in [-0.1, -0.05) is 32.9 Å². The Morgan fingerprint density at radius 2 is 1.72 bits per heavy atom. The van der Waals surface area contributed by atoms with E-state index in [-0.39, 0.29) is 47.7 Å². The molecule has 1 rings (SSSR count). The van der Waals surface area contributed by atoms with Crippen molar-refractivity contribution in [3.05, 3.63) is 29.8 Å². The van der Waals surface area contributed by atoms with E-state index in [9.17, 15) is 8.42 Å². The van der Waals surface area contributed by atoms with Crippen LogP contribution in [0, 0.1) is 0 Å². The van der Waals surface area contributed by atoms with Gasteiger partial charge in [0.1, 0.15) is 0 Å². The third kappa shape index (κ3) is 8.40. The maximum Gasteiger partial charge on any atom is 0.191 e. The molecule has 0 aliphatic heterocycles. The lowest BCUT2D eigenvalue weighted by Gasteiger charge is -2.19. The number of nitrogens with zero attached hydrogens (tertiary/aromatic N) is 1. The first kappa shape index (κ1) is 24.2. The molecule has 144 valence electrons. The molecular formula is C18H32IN3O2S. The molecule has 0 amide bonds. The van der Waals surface area contributed by atoms with E-state index in [1.54, 1.807) is 12.1 Å². The molecule has 0 aromatic heterocycles. The van der Waals surface area contributed by atoms with Crippen molar-refractivity contribution in [2.75, 3.05) is 18.8 Å². The molecule has 1 aromatic carbocycles. The molecule has 0 bridgehead atoms. The minimum absolute atomic E-state index is 0. The van der Waals surface area contributed by atoms with Crippen LogP contribution in [0.5, 0.6) is 0 Å². The molecule has 0 spiro atoms. The van der Waals surface area contributed by atoms with Gasteiger partial charge < -0.3 is 10.6 Å². The number of benzene rings is 1. The zero-order valence-corrected chi connectivity index (χ0v) is 19.2. The molecule has 2 N–H and O–H groups in total. The van der Waals surface area contributed by atoms with Gasteiger partial charge in [0.05, 0.1) is 17.2 Å². The minimum Gasteiger partial charge on any atom is -0.357 e. The fourth-order valence-corrected chi connectivity index (χ4v) is 3.27. The monoisotopic (exact) mass is 481 g/mol. The molecule has 0 atom stereocenters. The minimum atomic E-state index is -3.32. The Morgan fingerprint density at radius 1 is 1.16 bits per heavy atom. The number of aliphatic imine (C=N–C) groups is 1. The normalized spacial score (nSPS) is 12.7. The van der Waals surface area contributed by atoms with Crippen LogP contribution >= 0.6 is 24.0 Å². The van der Waals surface area contributed by atoms with Gasteiger partial charge in [0, 0.05) is 12.6 Å². The van der Waals surface area contributed by atoms with Gasteiger partial charge in [-0.2, -0.15) is 0 Å². The van der Waals surface area contributed by atoms with Gasteiger partial charge >= 0.3 is 0 Å². The van der Waals surface area contributed by atoms with Crippen LogP contribution in [0.4, 0.5) is 0 Å². The van der Waals surface area contributed by atoms with Crippen molar-refractivity contribution in [3.63, 3.8) is 0 Å². The molecule has 0 unspecified atom stereocenters. The first-order valence-electron chi connectivity index (χ1n) is 8.44. The first-order valence-corrected chi connectivity index (χ1v) is 10.1. The summed E-state index contributed by atoms with van der Waals surface area (Å²) in [7, 11) is -3.32. The largest absolute Gasteiger partial charge is 0.357 e. The quantitative estimate of drug-likeness (QED) is 0.372.